The van der Waals surface area contributed by atoms with E-state index in [2.05, 4.69) is 46.0 Å². The third-order valence-corrected chi connectivity index (χ3v) is 2.93. The normalized spacial score (nSPS) is 11.7. The lowest BCUT2D eigenvalue weighted by atomic mass is 10.5. The highest BCUT2D eigenvalue weighted by molar-refractivity contribution is 5.79. The van der Waals surface area contributed by atoms with Gasteiger partial charge in [-0.3, -0.25) is 10.9 Å². The molecule has 0 atom stereocenters. The number of hydrogen-bond acceptors (Lipinski definition) is 11. The summed E-state index contributed by atoms with van der Waals surface area (Å²) in [4.78, 5) is 8.45. The molecule has 4 heterocycles. The zero-order valence-corrected chi connectivity index (χ0v) is 12.5. The first kappa shape index (κ1) is 14.6. The molecule has 0 aliphatic heterocycles. The van der Waals surface area contributed by atoms with Crippen LogP contribution < -0.4 is 10.9 Å². The van der Waals surface area contributed by atoms with Gasteiger partial charge in [0.25, 0.3) is 0 Å². The molecule has 0 radical (unpaired) electrons. The number of rotatable bonds is 6. The number of nitrogens with zero attached hydrogens (tertiary/aromatic N) is 6. The van der Waals surface area contributed by atoms with Gasteiger partial charge in [0.15, 0.2) is 11.6 Å². The minimum absolute atomic E-state index is 0.233. The second kappa shape index (κ2) is 6.62. The molecule has 4 rings (SSSR count). The average molecular weight is 338 g/mol. The van der Waals surface area contributed by atoms with Gasteiger partial charge in [0.2, 0.25) is 11.3 Å². The monoisotopic (exact) mass is 338 g/mol. The Labute approximate surface area is 139 Å². The zero-order valence-electron chi connectivity index (χ0n) is 12.5. The minimum Gasteiger partial charge on any atom is -0.463 e. The van der Waals surface area contributed by atoms with Gasteiger partial charge in [-0.05, 0) is 34.6 Å². The highest BCUT2D eigenvalue weighted by Crippen LogP contribution is 2.19. The lowest BCUT2D eigenvalue weighted by molar-refractivity contribution is 0.314. The zero-order chi connectivity index (χ0) is 16.9. The van der Waals surface area contributed by atoms with Gasteiger partial charge in [-0.1, -0.05) is 0 Å². The Morgan fingerprint density at radius 3 is 1.76 bits per heavy atom. The molecule has 0 amide bonds. The Morgan fingerprint density at radius 1 is 0.800 bits per heavy atom. The van der Waals surface area contributed by atoms with E-state index in [0.717, 1.165) is 0 Å². The molecule has 4 aromatic heterocycles. The van der Waals surface area contributed by atoms with E-state index >= 15 is 0 Å². The number of fused-ring (bicyclic) bond motifs is 1. The molecule has 11 nitrogen and oxygen atoms in total. The summed E-state index contributed by atoms with van der Waals surface area (Å²) in [7, 11) is 0. The van der Waals surface area contributed by atoms with Crippen molar-refractivity contribution >= 4 is 35.4 Å². The van der Waals surface area contributed by atoms with Crippen LogP contribution >= 0.6 is 0 Å². The van der Waals surface area contributed by atoms with E-state index in [-0.39, 0.29) is 22.9 Å². The fourth-order valence-corrected chi connectivity index (χ4v) is 1.84. The summed E-state index contributed by atoms with van der Waals surface area (Å²) in [5.74, 6) is 1.72. The maximum absolute atomic E-state index is 5.15. The molecule has 0 fully saturated rings. The topological polar surface area (TPSA) is 140 Å². The van der Waals surface area contributed by atoms with E-state index in [1.54, 1.807) is 36.8 Å². The third-order valence-electron chi connectivity index (χ3n) is 2.93. The quantitative estimate of drug-likeness (QED) is 0.399. The first-order chi connectivity index (χ1) is 12.4. The highest BCUT2D eigenvalue weighted by Gasteiger charge is 2.12. The van der Waals surface area contributed by atoms with Crippen LogP contribution in [0.2, 0.25) is 0 Å². The lowest BCUT2D eigenvalue weighted by Crippen LogP contribution is -2.03. The Bertz CT molecular complexity index is 924. The fourth-order valence-electron chi connectivity index (χ4n) is 1.84. The summed E-state index contributed by atoms with van der Waals surface area (Å²) >= 11 is 0. The number of nitrogens with one attached hydrogen (secondary N) is 2. The maximum Gasteiger partial charge on any atom is 0.245 e. The number of anilines is 2. The lowest BCUT2D eigenvalue weighted by Gasteiger charge is -2.04. The Hall–Kier alpha value is -4.02. The first-order valence-corrected chi connectivity index (χ1v) is 7.04. The molecular formula is C14H10N8O3. The molecule has 0 spiro atoms. The van der Waals surface area contributed by atoms with E-state index in [1.807, 2.05) is 0 Å². The SMILES string of the molecule is C(=N/Nc1nc2nonc2nc1N/N=C/c1ccco1)/c1ccco1. The molecule has 0 saturated heterocycles. The van der Waals surface area contributed by atoms with E-state index in [9.17, 15) is 0 Å². The van der Waals surface area contributed by atoms with Gasteiger partial charge in [-0.25, -0.2) is 4.63 Å². The summed E-state index contributed by atoms with van der Waals surface area (Å²) in [5, 5.41) is 15.4. The molecule has 2 N–H and O–H groups in total. The van der Waals surface area contributed by atoms with Crippen molar-refractivity contribution in [1.29, 1.82) is 0 Å². The van der Waals surface area contributed by atoms with Gasteiger partial charge >= 0.3 is 0 Å². The summed E-state index contributed by atoms with van der Waals surface area (Å²) in [5.41, 5.74) is 5.95. The van der Waals surface area contributed by atoms with E-state index in [4.69, 9.17) is 8.83 Å². The Kier molecular flexibility index (Phi) is 3.86. The van der Waals surface area contributed by atoms with Gasteiger partial charge in [0.1, 0.15) is 11.5 Å². The molecule has 0 bridgehead atoms. The van der Waals surface area contributed by atoms with Crippen LogP contribution in [0.25, 0.3) is 11.3 Å². The van der Waals surface area contributed by atoms with Crippen LogP contribution in [0.4, 0.5) is 11.6 Å². The molecule has 25 heavy (non-hydrogen) atoms. The summed E-state index contributed by atoms with van der Waals surface area (Å²) in [6, 6.07) is 7.03. The van der Waals surface area contributed by atoms with Crippen LogP contribution in [0.3, 0.4) is 0 Å². The van der Waals surface area contributed by atoms with Crippen LogP contribution in [-0.4, -0.2) is 32.7 Å². The maximum atomic E-state index is 5.15. The van der Waals surface area contributed by atoms with Crippen LogP contribution in [0.15, 0.2) is 60.5 Å². The van der Waals surface area contributed by atoms with Gasteiger partial charge in [-0.2, -0.15) is 20.2 Å². The van der Waals surface area contributed by atoms with Crippen molar-refractivity contribution in [2.24, 2.45) is 10.2 Å². The van der Waals surface area contributed by atoms with E-state index in [1.165, 1.54) is 12.4 Å². The summed E-state index contributed by atoms with van der Waals surface area (Å²) in [6.45, 7) is 0. The van der Waals surface area contributed by atoms with Crippen molar-refractivity contribution in [2.75, 3.05) is 10.9 Å². The van der Waals surface area contributed by atoms with Crippen molar-refractivity contribution in [3.63, 3.8) is 0 Å². The van der Waals surface area contributed by atoms with E-state index < -0.39 is 0 Å². The number of hydrogen-bond donors (Lipinski definition) is 2. The van der Waals surface area contributed by atoms with Crippen molar-refractivity contribution < 1.29 is 13.5 Å². The number of hydrazone groups is 2. The van der Waals surface area contributed by atoms with Crippen LogP contribution in [0, 0.1) is 0 Å². The summed E-state index contributed by atoms with van der Waals surface area (Å²) < 4.78 is 14.9. The van der Waals surface area contributed by atoms with Gasteiger partial charge < -0.3 is 8.83 Å². The Morgan fingerprint density at radius 2 is 1.32 bits per heavy atom. The molecule has 4 aromatic rings. The Balaban J connectivity index is 1.57. The molecule has 0 aromatic carbocycles. The molecule has 0 aliphatic rings. The van der Waals surface area contributed by atoms with Crippen molar-refractivity contribution in [3.05, 3.63) is 48.3 Å². The smallest absolute Gasteiger partial charge is 0.245 e. The van der Waals surface area contributed by atoms with Crippen molar-refractivity contribution in [1.82, 2.24) is 20.3 Å². The fraction of sp³-hybridized carbons (Fsp3) is 0. The average Bonchev–Trinajstić information content (AvgIpc) is 3.37. The van der Waals surface area contributed by atoms with E-state index in [0.29, 0.717) is 11.5 Å². The van der Waals surface area contributed by atoms with Crippen molar-refractivity contribution in [2.45, 2.75) is 0 Å². The van der Waals surface area contributed by atoms with Crippen molar-refractivity contribution in [3.8, 4) is 0 Å². The number of aromatic nitrogens is 4. The van der Waals surface area contributed by atoms with Gasteiger partial charge in [0, 0.05) is 0 Å². The van der Waals surface area contributed by atoms with Gasteiger partial charge in [0.05, 0.1) is 25.0 Å². The molecule has 0 unspecified atom stereocenters. The molecular weight excluding hydrogens is 328 g/mol. The third kappa shape index (κ3) is 3.34. The second-order valence-electron chi connectivity index (χ2n) is 4.60. The molecule has 0 saturated carbocycles. The predicted octanol–water partition coefficient (Wildman–Crippen LogP) is 2.09. The van der Waals surface area contributed by atoms with Gasteiger partial charge in [-0.15, -0.1) is 0 Å². The summed E-state index contributed by atoms with van der Waals surface area (Å²) in [6.07, 6.45) is 6.07. The van der Waals surface area contributed by atoms with Crippen LogP contribution in [0.1, 0.15) is 11.5 Å². The highest BCUT2D eigenvalue weighted by atomic mass is 16.6. The van der Waals surface area contributed by atoms with Crippen LogP contribution in [0.5, 0.6) is 0 Å². The second-order valence-corrected chi connectivity index (χ2v) is 4.60. The molecule has 0 aliphatic carbocycles. The standard InChI is InChI=1S/C14H10N8O3/c1-3-9(23-5-1)7-15-19-11-12(18-14-13(17-11)21-25-22-14)20-16-8-10-4-2-6-24-10/h1-8H,(H,17,19,21)(H,18,20,22)/b15-7-,16-8+. The molecule has 124 valence electrons. The first-order valence-electron chi connectivity index (χ1n) is 7.04. The predicted molar refractivity (Wildman–Crippen MR) is 87.2 cm³/mol. The van der Waals surface area contributed by atoms with Crippen LogP contribution in [-0.2, 0) is 0 Å². The molecule has 11 heteroatoms. The number of furan rings is 2. The minimum atomic E-state index is 0.233. The largest absolute Gasteiger partial charge is 0.463 e.